The molecule has 0 spiro atoms. The molecule has 0 radical (unpaired) electrons. The van der Waals surface area contributed by atoms with Gasteiger partial charge in [0.1, 0.15) is 11.5 Å². The molecule has 1 amide bonds. The van der Waals surface area contributed by atoms with E-state index in [0.29, 0.717) is 5.75 Å². The number of rotatable bonds is 4. The number of carbonyl (C=O) groups excluding carboxylic acids is 1. The van der Waals surface area contributed by atoms with Crippen molar-refractivity contribution in [3.05, 3.63) is 95.0 Å². The first-order valence-corrected chi connectivity index (χ1v) is 9.76. The minimum atomic E-state index is -4.63. The molecule has 4 rings (SSSR count). The van der Waals surface area contributed by atoms with Crippen LogP contribution in [0.1, 0.15) is 15.9 Å². The number of fused-ring (bicyclic) bond motifs is 1. The monoisotopic (exact) mass is 457 g/mol. The highest BCUT2D eigenvalue weighted by Crippen LogP contribution is 2.38. The molecule has 0 unspecified atom stereocenters. The smallest absolute Gasteiger partial charge is 0.416 e. The first-order valence-electron chi connectivity index (χ1n) is 9.38. The Morgan fingerprint density at radius 1 is 0.906 bits per heavy atom. The number of halogens is 4. The van der Waals surface area contributed by atoms with E-state index in [4.69, 9.17) is 16.3 Å². The van der Waals surface area contributed by atoms with Crippen LogP contribution in [-0.4, -0.2) is 11.0 Å². The number of nitrogens with one attached hydrogen (secondary N) is 1. The fraction of sp³-hybridized carbons (Fsp3) is 0.0417. The van der Waals surface area contributed by atoms with Crippen molar-refractivity contribution in [1.82, 2.24) is 0 Å². The van der Waals surface area contributed by atoms with Gasteiger partial charge in [-0.05, 0) is 59.3 Å². The predicted octanol–water partition coefficient (Wildman–Crippen LogP) is 7.26. The summed E-state index contributed by atoms with van der Waals surface area (Å²) in [5, 5.41) is 14.4. The molecule has 0 aliphatic rings. The second-order valence-corrected chi connectivity index (χ2v) is 7.37. The third-order valence-electron chi connectivity index (χ3n) is 4.71. The molecule has 4 aromatic carbocycles. The molecular formula is C24H15ClF3NO3. The van der Waals surface area contributed by atoms with E-state index >= 15 is 0 Å². The second-order valence-electron chi connectivity index (χ2n) is 6.94. The van der Waals surface area contributed by atoms with Gasteiger partial charge in [-0.15, -0.1) is 0 Å². The molecule has 0 heterocycles. The van der Waals surface area contributed by atoms with E-state index in [1.165, 1.54) is 18.2 Å². The van der Waals surface area contributed by atoms with Gasteiger partial charge in [0.25, 0.3) is 5.91 Å². The normalized spacial score (nSPS) is 11.4. The molecule has 4 aromatic rings. The van der Waals surface area contributed by atoms with Gasteiger partial charge < -0.3 is 15.2 Å². The number of amides is 1. The number of hydrogen-bond acceptors (Lipinski definition) is 3. The van der Waals surface area contributed by atoms with Crippen LogP contribution in [0.25, 0.3) is 10.8 Å². The van der Waals surface area contributed by atoms with Crippen molar-refractivity contribution < 1.29 is 27.8 Å². The van der Waals surface area contributed by atoms with E-state index in [-0.39, 0.29) is 27.8 Å². The van der Waals surface area contributed by atoms with Crippen LogP contribution < -0.4 is 10.1 Å². The van der Waals surface area contributed by atoms with Crippen molar-refractivity contribution in [1.29, 1.82) is 0 Å². The van der Waals surface area contributed by atoms with Crippen molar-refractivity contribution >= 4 is 34.0 Å². The van der Waals surface area contributed by atoms with Gasteiger partial charge in [-0.2, -0.15) is 13.2 Å². The highest BCUT2D eigenvalue weighted by Gasteiger charge is 2.31. The van der Waals surface area contributed by atoms with Crippen LogP contribution in [0.4, 0.5) is 18.9 Å². The number of aromatic hydroxyl groups is 1. The Kier molecular flexibility index (Phi) is 5.67. The number of hydrogen-bond donors (Lipinski definition) is 2. The lowest BCUT2D eigenvalue weighted by Gasteiger charge is -2.16. The lowest BCUT2D eigenvalue weighted by Crippen LogP contribution is -2.14. The van der Waals surface area contributed by atoms with Crippen molar-refractivity contribution in [2.75, 3.05) is 5.32 Å². The summed E-state index contributed by atoms with van der Waals surface area (Å²) >= 11 is 5.87. The first kappa shape index (κ1) is 21.5. The average molecular weight is 458 g/mol. The zero-order valence-corrected chi connectivity index (χ0v) is 17.0. The summed E-state index contributed by atoms with van der Waals surface area (Å²) in [6, 6.07) is 19.3. The molecule has 0 saturated heterocycles. The summed E-state index contributed by atoms with van der Waals surface area (Å²) in [5.41, 5.74) is -1.36. The van der Waals surface area contributed by atoms with Crippen LogP contribution in [-0.2, 0) is 6.18 Å². The molecule has 0 aromatic heterocycles. The minimum absolute atomic E-state index is 0.00292. The molecule has 0 aliphatic carbocycles. The van der Waals surface area contributed by atoms with Crippen molar-refractivity contribution in [2.24, 2.45) is 0 Å². The molecule has 0 aliphatic heterocycles. The number of phenols is 1. The summed E-state index contributed by atoms with van der Waals surface area (Å²) in [6.45, 7) is 0. The third kappa shape index (κ3) is 4.63. The summed E-state index contributed by atoms with van der Waals surface area (Å²) in [7, 11) is 0. The molecule has 162 valence electrons. The fourth-order valence-corrected chi connectivity index (χ4v) is 3.30. The van der Waals surface area contributed by atoms with Gasteiger partial charge in [0.2, 0.25) is 0 Å². The van der Waals surface area contributed by atoms with Gasteiger partial charge in [0.05, 0.1) is 16.8 Å². The number of anilines is 1. The molecule has 0 fully saturated rings. The van der Waals surface area contributed by atoms with Gasteiger partial charge in [0.15, 0.2) is 5.75 Å². The number of ether oxygens (including phenoxy) is 1. The zero-order valence-electron chi connectivity index (χ0n) is 16.3. The summed E-state index contributed by atoms with van der Waals surface area (Å²) < 4.78 is 45.6. The van der Waals surface area contributed by atoms with Gasteiger partial charge in [-0.25, -0.2) is 0 Å². The Balaban J connectivity index is 1.71. The molecule has 8 heteroatoms. The number of alkyl halides is 3. The van der Waals surface area contributed by atoms with E-state index in [9.17, 15) is 23.1 Å². The van der Waals surface area contributed by atoms with Gasteiger partial charge in [-0.3, -0.25) is 4.79 Å². The lowest BCUT2D eigenvalue weighted by molar-refractivity contribution is -0.137. The van der Waals surface area contributed by atoms with Crippen LogP contribution >= 0.6 is 11.6 Å². The third-order valence-corrected chi connectivity index (χ3v) is 4.94. The Morgan fingerprint density at radius 3 is 2.41 bits per heavy atom. The minimum Gasteiger partial charge on any atom is -0.507 e. The summed E-state index contributed by atoms with van der Waals surface area (Å²) in [5.74, 6) is -0.823. The Labute approximate surface area is 185 Å². The maximum Gasteiger partial charge on any atom is 0.416 e. The van der Waals surface area contributed by atoms with Gasteiger partial charge >= 0.3 is 6.18 Å². The molecule has 0 bridgehead atoms. The molecule has 0 saturated carbocycles. The van der Waals surface area contributed by atoms with E-state index in [1.807, 2.05) is 30.3 Å². The molecule has 4 nitrogen and oxygen atoms in total. The highest BCUT2D eigenvalue weighted by atomic mass is 35.5. The quantitative estimate of drug-likeness (QED) is 0.339. The van der Waals surface area contributed by atoms with Crippen LogP contribution in [0.2, 0.25) is 5.02 Å². The number of benzene rings is 4. The van der Waals surface area contributed by atoms with Gasteiger partial charge in [0, 0.05) is 5.02 Å². The van der Waals surface area contributed by atoms with Crippen molar-refractivity contribution in [3.8, 4) is 17.2 Å². The average Bonchev–Trinajstić information content (AvgIpc) is 2.75. The topological polar surface area (TPSA) is 58.6 Å². The maximum absolute atomic E-state index is 13.3. The van der Waals surface area contributed by atoms with Crippen LogP contribution in [0.3, 0.4) is 0 Å². The molecule has 2 N–H and O–H groups in total. The Hall–Kier alpha value is -3.71. The van der Waals surface area contributed by atoms with Crippen LogP contribution in [0, 0.1) is 0 Å². The van der Waals surface area contributed by atoms with E-state index in [0.717, 1.165) is 29.0 Å². The standard InChI is InChI=1S/C24H15ClF3NO3/c25-17-7-9-21(30)19(13-17)23(31)29-20-12-16(24(26,27)28)6-10-22(20)32-18-8-5-14-3-1-2-4-15(14)11-18/h1-13,30H,(H,29,31). The molecule has 0 atom stereocenters. The Bertz CT molecular complexity index is 1320. The highest BCUT2D eigenvalue weighted by molar-refractivity contribution is 6.31. The number of carbonyl (C=O) groups is 1. The fourth-order valence-electron chi connectivity index (χ4n) is 3.13. The summed E-state index contributed by atoms with van der Waals surface area (Å²) in [6.07, 6.45) is -4.63. The van der Waals surface area contributed by atoms with E-state index in [1.54, 1.807) is 12.1 Å². The Morgan fingerprint density at radius 2 is 1.66 bits per heavy atom. The van der Waals surface area contributed by atoms with Crippen molar-refractivity contribution in [3.63, 3.8) is 0 Å². The van der Waals surface area contributed by atoms with E-state index in [2.05, 4.69) is 5.32 Å². The molecular weight excluding hydrogens is 443 g/mol. The van der Waals surface area contributed by atoms with E-state index < -0.39 is 17.6 Å². The van der Waals surface area contributed by atoms with Crippen LogP contribution in [0.15, 0.2) is 78.9 Å². The van der Waals surface area contributed by atoms with Crippen LogP contribution in [0.5, 0.6) is 17.2 Å². The van der Waals surface area contributed by atoms with Crippen molar-refractivity contribution in [2.45, 2.75) is 6.18 Å². The zero-order chi connectivity index (χ0) is 22.9. The predicted molar refractivity (Wildman–Crippen MR) is 117 cm³/mol. The summed E-state index contributed by atoms with van der Waals surface area (Å²) in [4.78, 5) is 12.7. The number of phenolic OH excluding ortho intramolecular Hbond substituents is 1. The first-order chi connectivity index (χ1) is 15.2. The SMILES string of the molecule is O=C(Nc1cc(C(F)(F)F)ccc1Oc1ccc2ccccc2c1)c1cc(Cl)ccc1O. The maximum atomic E-state index is 13.3. The lowest BCUT2D eigenvalue weighted by atomic mass is 10.1. The van der Waals surface area contributed by atoms with Gasteiger partial charge in [-0.1, -0.05) is 41.9 Å². The largest absolute Gasteiger partial charge is 0.507 e. The molecule has 32 heavy (non-hydrogen) atoms. The second kappa shape index (κ2) is 8.43.